The Hall–Kier alpha value is -0.280. The third-order valence-corrected chi connectivity index (χ3v) is 7.32. The molecule has 0 bridgehead atoms. The molecule has 43 heavy (non-hydrogen) atoms. The molecule has 0 aromatic heterocycles. The molecule has 0 saturated heterocycles. The maximum absolute atomic E-state index is 6.08. The summed E-state index contributed by atoms with van der Waals surface area (Å²) in [7, 11) is 0. The van der Waals surface area contributed by atoms with E-state index in [1.807, 2.05) is 0 Å². The predicted molar refractivity (Wildman–Crippen MR) is 179 cm³/mol. The van der Waals surface area contributed by atoms with Gasteiger partial charge < -0.3 is 33.2 Å². The molecule has 0 N–H and O–H groups in total. The van der Waals surface area contributed by atoms with Crippen LogP contribution in [0.4, 0.5) is 0 Å². The van der Waals surface area contributed by atoms with Crippen molar-refractivity contribution in [3.05, 3.63) is 0 Å². The molecule has 0 heterocycles. The lowest BCUT2D eigenvalue weighted by atomic mass is 10.2. The zero-order valence-corrected chi connectivity index (χ0v) is 29.2. The minimum atomic E-state index is -0.0736. The van der Waals surface area contributed by atoms with E-state index in [2.05, 4.69) is 27.7 Å². The van der Waals surface area contributed by atoms with Crippen molar-refractivity contribution in [2.75, 3.05) is 66.1 Å². The second-order valence-corrected chi connectivity index (χ2v) is 11.7. The maximum Gasteiger partial charge on any atom is 0.157 e. The van der Waals surface area contributed by atoms with Crippen LogP contribution in [0.1, 0.15) is 156 Å². The molecule has 2 atom stereocenters. The van der Waals surface area contributed by atoms with Gasteiger partial charge in [-0.25, -0.2) is 0 Å². The highest BCUT2D eigenvalue weighted by Gasteiger charge is 2.10. The fraction of sp³-hybridized carbons (Fsp3) is 1.00. The van der Waals surface area contributed by atoms with Gasteiger partial charge in [0.1, 0.15) is 0 Å². The molecule has 0 aliphatic carbocycles. The highest BCUT2D eigenvalue weighted by atomic mass is 16.7. The molecule has 260 valence electrons. The van der Waals surface area contributed by atoms with Crippen molar-refractivity contribution in [1.29, 1.82) is 0 Å². The lowest BCUT2D eigenvalue weighted by Crippen LogP contribution is -2.19. The minimum Gasteiger partial charge on any atom is -0.381 e. The summed E-state index contributed by atoms with van der Waals surface area (Å²) in [4.78, 5) is 0. The predicted octanol–water partition coefficient (Wildman–Crippen LogP) is 9.64. The van der Waals surface area contributed by atoms with Crippen LogP contribution >= 0.6 is 0 Å². The van der Waals surface area contributed by atoms with Crippen LogP contribution in [-0.2, 0) is 33.2 Å². The molecule has 0 radical (unpaired) electrons. The van der Waals surface area contributed by atoms with E-state index < -0.39 is 0 Å². The zero-order chi connectivity index (χ0) is 31.3. The number of unbranched alkanes of at least 4 members (excludes halogenated alkanes) is 10. The van der Waals surface area contributed by atoms with Gasteiger partial charge in [0.15, 0.2) is 12.6 Å². The van der Waals surface area contributed by atoms with Crippen LogP contribution in [0.15, 0.2) is 0 Å². The minimum absolute atomic E-state index is 0.0736. The largest absolute Gasteiger partial charge is 0.381 e. The Morgan fingerprint density at radius 1 is 0.279 bits per heavy atom. The number of rotatable bonds is 38. The molecule has 0 saturated carbocycles. The van der Waals surface area contributed by atoms with Gasteiger partial charge in [0.25, 0.3) is 0 Å². The highest BCUT2D eigenvalue weighted by molar-refractivity contribution is 4.52. The first kappa shape index (κ1) is 42.7. The third-order valence-electron chi connectivity index (χ3n) is 7.32. The molecule has 7 nitrogen and oxygen atoms in total. The van der Waals surface area contributed by atoms with Gasteiger partial charge >= 0.3 is 0 Å². The number of hydrogen-bond donors (Lipinski definition) is 0. The molecule has 0 spiro atoms. The Morgan fingerprint density at radius 2 is 0.535 bits per heavy atom. The fourth-order valence-corrected chi connectivity index (χ4v) is 4.37. The lowest BCUT2D eigenvalue weighted by Gasteiger charge is -2.19. The van der Waals surface area contributed by atoms with E-state index >= 15 is 0 Å². The van der Waals surface area contributed by atoms with Crippen LogP contribution in [0.5, 0.6) is 0 Å². The molecule has 0 amide bonds. The quantitative estimate of drug-likeness (QED) is 0.0504. The van der Waals surface area contributed by atoms with Crippen LogP contribution < -0.4 is 0 Å². The lowest BCUT2D eigenvalue weighted by molar-refractivity contribution is -0.148. The average molecular weight is 619 g/mol. The molecule has 0 aliphatic rings. The summed E-state index contributed by atoms with van der Waals surface area (Å²) in [5.74, 6) is 0. The van der Waals surface area contributed by atoms with Gasteiger partial charge in [0.05, 0.1) is 0 Å². The van der Waals surface area contributed by atoms with E-state index in [0.29, 0.717) is 0 Å². The number of ether oxygens (including phenoxy) is 7. The monoisotopic (exact) mass is 619 g/mol. The van der Waals surface area contributed by atoms with Crippen LogP contribution in [0.3, 0.4) is 0 Å². The first-order chi connectivity index (χ1) is 21.3. The summed E-state index contributed by atoms with van der Waals surface area (Å²) in [6, 6.07) is 0. The van der Waals surface area contributed by atoms with Gasteiger partial charge in [-0.15, -0.1) is 0 Å². The van der Waals surface area contributed by atoms with Crippen molar-refractivity contribution < 1.29 is 33.2 Å². The first-order valence-electron chi connectivity index (χ1n) is 18.5. The molecule has 7 heteroatoms. The normalized spacial score (nSPS) is 13.1. The number of hydrogen-bond acceptors (Lipinski definition) is 7. The smallest absolute Gasteiger partial charge is 0.157 e. The topological polar surface area (TPSA) is 64.6 Å². The third kappa shape index (κ3) is 34.4. The standard InChI is InChI=1S/C36H74O7/c1-5-9-25-37-29-21-15-23-35(40-31-11-7-3)42-33-19-13-17-27-39-28-18-14-20-34-43-36(41-32-12-8-4)24-16-22-30-38-26-10-6-2/h35-36H,5-34H2,1-4H3. The van der Waals surface area contributed by atoms with Gasteiger partial charge in [0, 0.05) is 66.1 Å². The summed E-state index contributed by atoms with van der Waals surface area (Å²) in [5, 5.41) is 0. The SMILES string of the molecule is CCCCOCCCCC(OCCCC)OCCCCCOCCCCCOC(CCCCOCCCC)OCCCC. The van der Waals surface area contributed by atoms with Crippen LogP contribution in [-0.4, -0.2) is 78.6 Å². The van der Waals surface area contributed by atoms with E-state index in [4.69, 9.17) is 33.2 Å². The molecule has 0 aromatic rings. The van der Waals surface area contributed by atoms with Crippen LogP contribution in [0.25, 0.3) is 0 Å². The molecule has 0 fully saturated rings. The van der Waals surface area contributed by atoms with Crippen molar-refractivity contribution in [2.45, 2.75) is 169 Å². The highest BCUT2D eigenvalue weighted by Crippen LogP contribution is 2.12. The fourth-order valence-electron chi connectivity index (χ4n) is 4.37. The van der Waals surface area contributed by atoms with E-state index in [1.54, 1.807) is 0 Å². The second-order valence-electron chi connectivity index (χ2n) is 11.7. The molecule has 0 rings (SSSR count). The Bertz CT molecular complexity index is 452. The van der Waals surface area contributed by atoms with E-state index in [-0.39, 0.29) is 12.6 Å². The van der Waals surface area contributed by atoms with E-state index in [0.717, 1.165) is 182 Å². The van der Waals surface area contributed by atoms with Crippen molar-refractivity contribution in [1.82, 2.24) is 0 Å². The van der Waals surface area contributed by atoms with Crippen molar-refractivity contribution in [3.8, 4) is 0 Å². The second kappa shape index (κ2) is 37.9. The van der Waals surface area contributed by atoms with Crippen molar-refractivity contribution in [3.63, 3.8) is 0 Å². The molecular weight excluding hydrogens is 544 g/mol. The molecular formula is C36H74O7. The Kier molecular flexibility index (Phi) is 37.7. The van der Waals surface area contributed by atoms with Gasteiger partial charge in [0.2, 0.25) is 0 Å². The van der Waals surface area contributed by atoms with Gasteiger partial charge in [-0.2, -0.15) is 0 Å². The van der Waals surface area contributed by atoms with Crippen molar-refractivity contribution >= 4 is 0 Å². The van der Waals surface area contributed by atoms with Crippen LogP contribution in [0.2, 0.25) is 0 Å². The summed E-state index contributed by atoms with van der Waals surface area (Å²) in [6.07, 6.45) is 21.8. The zero-order valence-electron chi connectivity index (χ0n) is 29.2. The Morgan fingerprint density at radius 3 is 0.884 bits per heavy atom. The summed E-state index contributed by atoms with van der Waals surface area (Å²) in [6.45, 7) is 17.0. The Balaban J connectivity index is 3.74. The maximum atomic E-state index is 6.08. The molecule has 0 aliphatic heterocycles. The average Bonchev–Trinajstić information content (AvgIpc) is 3.01. The van der Waals surface area contributed by atoms with Crippen LogP contribution in [0, 0.1) is 0 Å². The summed E-state index contributed by atoms with van der Waals surface area (Å²) >= 11 is 0. The van der Waals surface area contributed by atoms with E-state index in [9.17, 15) is 0 Å². The van der Waals surface area contributed by atoms with Gasteiger partial charge in [-0.1, -0.05) is 53.4 Å². The van der Waals surface area contributed by atoms with Gasteiger partial charge in [-0.3, -0.25) is 0 Å². The van der Waals surface area contributed by atoms with E-state index in [1.165, 1.54) is 12.8 Å². The summed E-state index contributed by atoms with van der Waals surface area (Å²) < 4.78 is 41.3. The Labute approximate surface area is 267 Å². The first-order valence-corrected chi connectivity index (χ1v) is 18.5. The van der Waals surface area contributed by atoms with Crippen molar-refractivity contribution in [2.24, 2.45) is 0 Å². The molecule has 2 unspecified atom stereocenters. The van der Waals surface area contributed by atoms with Gasteiger partial charge in [-0.05, 0) is 103 Å². The molecule has 0 aromatic carbocycles. The summed E-state index contributed by atoms with van der Waals surface area (Å²) in [5.41, 5.74) is 0.